The van der Waals surface area contributed by atoms with Crippen LogP contribution in [0.25, 0.3) is 0 Å². The molecule has 1 atom stereocenters. The lowest BCUT2D eigenvalue weighted by atomic mass is 10.2. The Balaban J connectivity index is 1.65. The van der Waals surface area contributed by atoms with Gasteiger partial charge < -0.3 is 15.5 Å². The van der Waals surface area contributed by atoms with Gasteiger partial charge >= 0.3 is 6.03 Å². The van der Waals surface area contributed by atoms with Crippen molar-refractivity contribution in [3.8, 4) is 6.07 Å². The van der Waals surface area contributed by atoms with E-state index in [1.54, 1.807) is 36.0 Å². The molecule has 6 heteroatoms. The maximum absolute atomic E-state index is 12.1. The number of amides is 2. The first-order valence-electron chi connectivity index (χ1n) is 6.73. The van der Waals surface area contributed by atoms with Crippen LogP contribution in [0, 0.1) is 11.3 Å². The van der Waals surface area contributed by atoms with Crippen LogP contribution >= 0.6 is 11.8 Å². The van der Waals surface area contributed by atoms with Crippen molar-refractivity contribution in [2.24, 2.45) is 0 Å². The summed E-state index contributed by atoms with van der Waals surface area (Å²) in [5.74, 6) is 0. The fourth-order valence-electron chi connectivity index (χ4n) is 2.25. The molecule has 3 rings (SSSR count). The minimum absolute atomic E-state index is 0.156. The first-order valence-corrected chi connectivity index (χ1v) is 7.61. The van der Waals surface area contributed by atoms with Gasteiger partial charge in [0.25, 0.3) is 0 Å². The number of rotatable bonds is 2. The number of urea groups is 1. The van der Waals surface area contributed by atoms with Gasteiger partial charge in [-0.05, 0) is 30.3 Å². The van der Waals surface area contributed by atoms with Crippen LogP contribution in [-0.2, 0) is 0 Å². The largest absolute Gasteiger partial charge is 0.345 e. The van der Waals surface area contributed by atoms with Gasteiger partial charge in [-0.25, -0.2) is 4.79 Å². The Morgan fingerprint density at radius 1 is 1.27 bits per heavy atom. The van der Waals surface area contributed by atoms with Crippen LogP contribution in [-0.4, -0.2) is 18.6 Å². The SMILES string of the molecule is CN1c2ccccc2SC1NC(=O)Nc1cccc(C#N)c1. The van der Waals surface area contributed by atoms with Crippen molar-refractivity contribution in [2.45, 2.75) is 10.4 Å². The van der Waals surface area contributed by atoms with E-state index in [9.17, 15) is 4.79 Å². The van der Waals surface area contributed by atoms with Crippen molar-refractivity contribution in [1.82, 2.24) is 5.32 Å². The second kappa shape index (κ2) is 6.00. The molecular formula is C16H14N4OS. The number of anilines is 2. The molecule has 0 radical (unpaired) electrons. The van der Waals surface area contributed by atoms with Gasteiger partial charge in [-0.1, -0.05) is 30.0 Å². The number of benzene rings is 2. The van der Waals surface area contributed by atoms with E-state index in [4.69, 9.17) is 5.26 Å². The monoisotopic (exact) mass is 310 g/mol. The first-order chi connectivity index (χ1) is 10.7. The van der Waals surface area contributed by atoms with E-state index >= 15 is 0 Å². The molecule has 0 saturated carbocycles. The molecule has 0 spiro atoms. The van der Waals surface area contributed by atoms with Crippen LogP contribution in [0.2, 0.25) is 0 Å². The van der Waals surface area contributed by atoms with Gasteiger partial charge in [-0.15, -0.1) is 0 Å². The fourth-order valence-corrected chi connectivity index (χ4v) is 3.41. The van der Waals surface area contributed by atoms with Crippen molar-refractivity contribution in [3.63, 3.8) is 0 Å². The Labute approximate surface area is 132 Å². The van der Waals surface area contributed by atoms with Crippen LogP contribution in [0.15, 0.2) is 53.4 Å². The van der Waals surface area contributed by atoms with E-state index in [2.05, 4.69) is 10.6 Å². The third-order valence-corrected chi connectivity index (χ3v) is 4.60. The van der Waals surface area contributed by atoms with E-state index in [-0.39, 0.29) is 11.5 Å². The van der Waals surface area contributed by atoms with Crippen LogP contribution in [0.5, 0.6) is 0 Å². The van der Waals surface area contributed by atoms with Crippen LogP contribution in [0.4, 0.5) is 16.2 Å². The van der Waals surface area contributed by atoms with Crippen LogP contribution in [0.3, 0.4) is 0 Å². The van der Waals surface area contributed by atoms with Crippen molar-refractivity contribution < 1.29 is 4.79 Å². The van der Waals surface area contributed by atoms with Crippen LogP contribution < -0.4 is 15.5 Å². The summed E-state index contributed by atoms with van der Waals surface area (Å²) in [6.07, 6.45) is 0. The predicted octanol–water partition coefficient (Wildman–Crippen LogP) is 3.21. The Morgan fingerprint density at radius 2 is 2.09 bits per heavy atom. The number of carbonyl (C=O) groups is 1. The second-order valence-corrected chi connectivity index (χ2v) is 5.96. The zero-order valence-electron chi connectivity index (χ0n) is 11.9. The number of nitrogens with zero attached hydrogens (tertiary/aromatic N) is 2. The molecule has 0 aliphatic carbocycles. The van der Waals surface area contributed by atoms with Crippen molar-refractivity contribution in [1.29, 1.82) is 5.26 Å². The summed E-state index contributed by atoms with van der Waals surface area (Å²) in [5.41, 5.74) is 2.05. The summed E-state index contributed by atoms with van der Waals surface area (Å²) in [6, 6.07) is 16.6. The molecule has 1 heterocycles. The number of hydrogen-bond acceptors (Lipinski definition) is 4. The van der Waals surface area contributed by atoms with E-state index in [1.165, 1.54) is 0 Å². The number of carbonyl (C=O) groups excluding carboxylic acids is 1. The summed E-state index contributed by atoms with van der Waals surface area (Å²) in [4.78, 5) is 15.3. The molecular weight excluding hydrogens is 296 g/mol. The highest BCUT2D eigenvalue weighted by Crippen LogP contribution is 2.40. The fraction of sp³-hybridized carbons (Fsp3) is 0.125. The van der Waals surface area contributed by atoms with Gasteiger partial charge in [0.2, 0.25) is 0 Å². The van der Waals surface area contributed by atoms with Gasteiger partial charge in [-0.3, -0.25) is 0 Å². The van der Waals surface area contributed by atoms with Gasteiger partial charge in [-0.2, -0.15) is 5.26 Å². The lowest BCUT2D eigenvalue weighted by Gasteiger charge is -2.22. The lowest BCUT2D eigenvalue weighted by molar-refractivity contribution is 0.251. The Morgan fingerprint density at radius 3 is 2.86 bits per heavy atom. The third-order valence-electron chi connectivity index (χ3n) is 3.34. The number of para-hydroxylation sites is 1. The summed E-state index contributed by atoms with van der Waals surface area (Å²) in [6.45, 7) is 0. The molecule has 0 fully saturated rings. The maximum Gasteiger partial charge on any atom is 0.321 e. The average molecular weight is 310 g/mol. The Bertz CT molecular complexity index is 756. The van der Waals surface area contributed by atoms with Gasteiger partial charge in [0.15, 0.2) is 5.50 Å². The van der Waals surface area contributed by atoms with Crippen molar-refractivity contribution >= 4 is 29.2 Å². The zero-order chi connectivity index (χ0) is 15.5. The molecule has 2 N–H and O–H groups in total. The summed E-state index contributed by atoms with van der Waals surface area (Å²) in [5, 5.41) is 14.5. The molecule has 0 bridgehead atoms. The smallest absolute Gasteiger partial charge is 0.321 e. The molecule has 2 aromatic rings. The van der Waals surface area contributed by atoms with E-state index in [1.807, 2.05) is 42.3 Å². The molecule has 1 unspecified atom stereocenters. The topological polar surface area (TPSA) is 68.2 Å². The van der Waals surface area contributed by atoms with E-state index in [0.717, 1.165) is 10.6 Å². The van der Waals surface area contributed by atoms with Crippen molar-refractivity contribution in [2.75, 3.05) is 17.3 Å². The minimum atomic E-state index is -0.299. The van der Waals surface area contributed by atoms with E-state index < -0.39 is 0 Å². The summed E-state index contributed by atoms with van der Waals surface area (Å²) < 4.78 is 0. The molecule has 0 aromatic heterocycles. The standard InChI is InChI=1S/C16H14N4OS/c1-20-13-7-2-3-8-14(13)22-16(20)19-15(21)18-12-6-4-5-11(9-12)10-17/h2-9,16H,1H3,(H2,18,19,21). The number of nitrogens with one attached hydrogen (secondary N) is 2. The van der Waals surface area contributed by atoms with Gasteiger partial charge in [0.1, 0.15) is 0 Å². The maximum atomic E-state index is 12.1. The summed E-state index contributed by atoms with van der Waals surface area (Å²) >= 11 is 1.59. The molecule has 2 aromatic carbocycles. The lowest BCUT2D eigenvalue weighted by Crippen LogP contribution is -2.43. The normalized spacial score (nSPS) is 15.8. The molecule has 2 amide bonds. The van der Waals surface area contributed by atoms with Gasteiger partial charge in [0.05, 0.1) is 17.3 Å². The molecule has 110 valence electrons. The Hall–Kier alpha value is -2.65. The third kappa shape index (κ3) is 2.85. The van der Waals surface area contributed by atoms with Crippen LogP contribution in [0.1, 0.15) is 5.56 Å². The number of thioether (sulfide) groups is 1. The number of nitriles is 1. The molecule has 5 nitrogen and oxygen atoms in total. The number of fused-ring (bicyclic) bond motifs is 1. The predicted molar refractivity (Wildman–Crippen MR) is 87.8 cm³/mol. The van der Waals surface area contributed by atoms with E-state index in [0.29, 0.717) is 11.3 Å². The Kier molecular flexibility index (Phi) is 3.90. The molecule has 0 saturated heterocycles. The zero-order valence-corrected chi connectivity index (χ0v) is 12.7. The van der Waals surface area contributed by atoms with Gasteiger partial charge in [0, 0.05) is 17.6 Å². The quantitative estimate of drug-likeness (QED) is 0.894. The first kappa shape index (κ1) is 14.3. The second-order valence-electron chi connectivity index (χ2n) is 4.84. The highest BCUT2D eigenvalue weighted by atomic mass is 32.2. The average Bonchev–Trinajstić information content (AvgIpc) is 2.84. The molecule has 22 heavy (non-hydrogen) atoms. The molecule has 1 aliphatic heterocycles. The minimum Gasteiger partial charge on any atom is -0.345 e. The molecule has 1 aliphatic rings. The van der Waals surface area contributed by atoms with Crippen molar-refractivity contribution in [3.05, 3.63) is 54.1 Å². The number of hydrogen-bond donors (Lipinski definition) is 2. The summed E-state index contributed by atoms with van der Waals surface area (Å²) in [7, 11) is 1.94. The highest BCUT2D eigenvalue weighted by molar-refractivity contribution is 8.00. The highest BCUT2D eigenvalue weighted by Gasteiger charge is 2.28.